The van der Waals surface area contributed by atoms with Crippen LogP contribution in [0.25, 0.3) is 22.5 Å². The van der Waals surface area contributed by atoms with Crippen LogP contribution in [0.3, 0.4) is 0 Å². The normalized spacial score (nSPS) is 11.7. The minimum atomic E-state index is -0.341. The summed E-state index contributed by atoms with van der Waals surface area (Å²) in [5, 5.41) is 4.00. The van der Waals surface area contributed by atoms with Crippen molar-refractivity contribution in [2.24, 2.45) is 0 Å². The third-order valence-corrected chi connectivity index (χ3v) is 5.91. The number of aromatic amines is 1. The van der Waals surface area contributed by atoms with Gasteiger partial charge in [0.2, 0.25) is 0 Å². The fourth-order valence-corrected chi connectivity index (χ4v) is 4.05. The first kappa shape index (κ1) is 22.5. The average molecular weight is 463 g/mol. The smallest absolute Gasteiger partial charge is 0.316 e. The van der Waals surface area contributed by atoms with Crippen molar-refractivity contribution in [2.45, 2.75) is 18.1 Å². The number of anilines is 1. The molecule has 2 heterocycles. The van der Waals surface area contributed by atoms with Crippen molar-refractivity contribution in [3.05, 3.63) is 84.3 Å². The summed E-state index contributed by atoms with van der Waals surface area (Å²) in [5.74, 6) is 0.185. The van der Waals surface area contributed by atoms with Crippen LogP contribution in [-0.4, -0.2) is 33.8 Å². The SMILES string of the molecule is COC(=O)CSc1nc(-c2ccc(F)cc2)c(-c2ccnc(NC(C)c3ccccc3)c2)[nH]1. The molecule has 1 unspecified atom stereocenters. The molecule has 0 spiro atoms. The second-order valence-electron chi connectivity index (χ2n) is 7.34. The number of nitrogens with one attached hydrogen (secondary N) is 2. The molecule has 33 heavy (non-hydrogen) atoms. The fraction of sp³-hybridized carbons (Fsp3) is 0.160. The summed E-state index contributed by atoms with van der Waals surface area (Å²) < 4.78 is 18.2. The van der Waals surface area contributed by atoms with E-state index in [4.69, 9.17) is 4.74 Å². The number of hydrogen-bond acceptors (Lipinski definition) is 6. The van der Waals surface area contributed by atoms with E-state index in [2.05, 4.69) is 39.3 Å². The van der Waals surface area contributed by atoms with Gasteiger partial charge in [0.1, 0.15) is 11.6 Å². The highest BCUT2D eigenvalue weighted by molar-refractivity contribution is 7.99. The largest absolute Gasteiger partial charge is 0.468 e. The number of aromatic nitrogens is 3. The van der Waals surface area contributed by atoms with Gasteiger partial charge in [-0.25, -0.2) is 14.4 Å². The van der Waals surface area contributed by atoms with Crippen LogP contribution >= 0.6 is 11.8 Å². The molecule has 0 aliphatic carbocycles. The number of pyridine rings is 1. The first-order valence-corrected chi connectivity index (χ1v) is 11.4. The molecule has 8 heteroatoms. The number of imidazole rings is 1. The second kappa shape index (κ2) is 10.3. The van der Waals surface area contributed by atoms with Crippen molar-refractivity contribution in [1.29, 1.82) is 0 Å². The number of benzene rings is 2. The summed E-state index contributed by atoms with van der Waals surface area (Å²) in [7, 11) is 1.35. The Morgan fingerprint density at radius 3 is 2.61 bits per heavy atom. The molecule has 6 nitrogen and oxygen atoms in total. The fourth-order valence-electron chi connectivity index (χ4n) is 3.34. The van der Waals surface area contributed by atoms with Gasteiger partial charge >= 0.3 is 5.97 Å². The number of methoxy groups -OCH3 is 1. The predicted octanol–water partition coefficient (Wildman–Crippen LogP) is 5.72. The molecule has 0 saturated heterocycles. The number of carbonyl (C=O) groups excluding carboxylic acids is 1. The number of thioether (sulfide) groups is 1. The lowest BCUT2D eigenvalue weighted by atomic mass is 10.1. The van der Waals surface area contributed by atoms with E-state index in [-0.39, 0.29) is 23.6 Å². The van der Waals surface area contributed by atoms with Gasteiger partial charge in [0.25, 0.3) is 0 Å². The molecule has 4 aromatic rings. The van der Waals surface area contributed by atoms with Gasteiger partial charge in [0.05, 0.1) is 24.3 Å². The summed E-state index contributed by atoms with van der Waals surface area (Å²) in [4.78, 5) is 24.0. The van der Waals surface area contributed by atoms with Gasteiger partial charge in [-0.05, 0) is 48.9 Å². The van der Waals surface area contributed by atoms with Crippen LogP contribution in [0, 0.1) is 5.82 Å². The van der Waals surface area contributed by atoms with Crippen LogP contribution in [0.5, 0.6) is 0 Å². The number of carbonyl (C=O) groups is 1. The second-order valence-corrected chi connectivity index (χ2v) is 8.31. The van der Waals surface area contributed by atoms with Crippen molar-refractivity contribution < 1.29 is 13.9 Å². The number of hydrogen-bond donors (Lipinski definition) is 2. The first-order chi connectivity index (χ1) is 16.0. The van der Waals surface area contributed by atoms with Crippen LogP contribution in [0.2, 0.25) is 0 Å². The number of H-pyrrole nitrogens is 1. The quantitative estimate of drug-likeness (QED) is 0.258. The Morgan fingerprint density at radius 2 is 1.88 bits per heavy atom. The molecule has 0 aliphatic rings. The molecule has 0 radical (unpaired) electrons. The number of nitrogens with zero attached hydrogens (tertiary/aromatic N) is 2. The Hall–Kier alpha value is -3.65. The Balaban J connectivity index is 1.66. The molecule has 1 atom stereocenters. The lowest BCUT2D eigenvalue weighted by Gasteiger charge is -2.15. The van der Waals surface area contributed by atoms with E-state index in [0.29, 0.717) is 16.7 Å². The van der Waals surface area contributed by atoms with Gasteiger partial charge in [-0.15, -0.1) is 0 Å². The van der Waals surface area contributed by atoms with Gasteiger partial charge < -0.3 is 15.0 Å². The van der Waals surface area contributed by atoms with Crippen molar-refractivity contribution in [1.82, 2.24) is 15.0 Å². The third-order valence-electron chi connectivity index (χ3n) is 5.07. The van der Waals surface area contributed by atoms with E-state index >= 15 is 0 Å². The molecule has 4 rings (SSSR count). The Morgan fingerprint density at radius 1 is 1.12 bits per heavy atom. The summed E-state index contributed by atoms with van der Waals surface area (Å²) >= 11 is 1.25. The molecule has 2 aromatic carbocycles. The maximum Gasteiger partial charge on any atom is 0.316 e. The maximum atomic E-state index is 13.5. The van der Waals surface area contributed by atoms with Gasteiger partial charge in [0.15, 0.2) is 5.16 Å². The summed E-state index contributed by atoms with van der Waals surface area (Å²) in [6.45, 7) is 2.07. The molecule has 0 aliphatic heterocycles. The molecule has 2 N–H and O–H groups in total. The van der Waals surface area contributed by atoms with E-state index in [9.17, 15) is 9.18 Å². The lowest BCUT2D eigenvalue weighted by Crippen LogP contribution is -2.07. The zero-order chi connectivity index (χ0) is 23.2. The minimum absolute atomic E-state index is 0.0680. The average Bonchev–Trinajstić information content (AvgIpc) is 3.28. The molecule has 0 bridgehead atoms. The molecule has 0 fully saturated rings. The Bertz CT molecular complexity index is 1230. The number of halogens is 1. The lowest BCUT2D eigenvalue weighted by molar-refractivity contribution is -0.137. The monoisotopic (exact) mass is 462 g/mol. The zero-order valence-electron chi connectivity index (χ0n) is 18.2. The summed E-state index contributed by atoms with van der Waals surface area (Å²) in [5.41, 5.74) is 4.20. The van der Waals surface area contributed by atoms with Crippen LogP contribution in [0.15, 0.2) is 78.1 Å². The highest BCUT2D eigenvalue weighted by atomic mass is 32.2. The van der Waals surface area contributed by atoms with Crippen molar-refractivity contribution in [3.63, 3.8) is 0 Å². The van der Waals surface area contributed by atoms with Crippen LogP contribution < -0.4 is 5.32 Å². The van der Waals surface area contributed by atoms with Crippen molar-refractivity contribution >= 4 is 23.5 Å². The first-order valence-electron chi connectivity index (χ1n) is 10.4. The van der Waals surface area contributed by atoms with Crippen molar-refractivity contribution in [2.75, 3.05) is 18.2 Å². The van der Waals surface area contributed by atoms with Gasteiger partial charge in [-0.3, -0.25) is 4.79 Å². The van der Waals surface area contributed by atoms with E-state index in [1.807, 2.05) is 30.3 Å². The van der Waals surface area contributed by atoms with Crippen LogP contribution in [0.4, 0.5) is 10.2 Å². The maximum absolute atomic E-state index is 13.5. The molecule has 0 amide bonds. The number of esters is 1. The number of ether oxygens (including phenoxy) is 1. The molecule has 0 saturated carbocycles. The van der Waals surface area contributed by atoms with E-state index < -0.39 is 0 Å². The van der Waals surface area contributed by atoms with Gasteiger partial charge in [-0.1, -0.05) is 42.1 Å². The third kappa shape index (κ3) is 5.59. The van der Waals surface area contributed by atoms with E-state index in [1.165, 1.54) is 31.0 Å². The highest BCUT2D eigenvalue weighted by Crippen LogP contribution is 2.34. The minimum Gasteiger partial charge on any atom is -0.468 e. The molecule has 2 aromatic heterocycles. The highest BCUT2D eigenvalue weighted by Gasteiger charge is 2.17. The topological polar surface area (TPSA) is 79.9 Å². The Labute approximate surface area is 195 Å². The zero-order valence-corrected chi connectivity index (χ0v) is 19.0. The summed E-state index contributed by atoms with van der Waals surface area (Å²) in [6.07, 6.45) is 1.73. The van der Waals surface area contributed by atoms with Gasteiger partial charge in [0, 0.05) is 23.4 Å². The number of rotatable bonds is 8. The summed E-state index contributed by atoms with van der Waals surface area (Å²) in [6, 6.07) is 20.2. The van der Waals surface area contributed by atoms with E-state index in [0.717, 1.165) is 22.4 Å². The predicted molar refractivity (Wildman–Crippen MR) is 128 cm³/mol. The molecule has 168 valence electrons. The Kier molecular flexibility index (Phi) is 7.04. The molecular formula is C25H23FN4O2S. The van der Waals surface area contributed by atoms with Crippen LogP contribution in [-0.2, 0) is 9.53 Å². The van der Waals surface area contributed by atoms with Crippen LogP contribution in [0.1, 0.15) is 18.5 Å². The van der Waals surface area contributed by atoms with Gasteiger partial charge in [-0.2, -0.15) is 0 Å². The molecular weight excluding hydrogens is 439 g/mol. The van der Waals surface area contributed by atoms with Crippen molar-refractivity contribution in [3.8, 4) is 22.5 Å². The van der Waals surface area contributed by atoms with E-state index in [1.54, 1.807) is 18.3 Å². The standard InChI is InChI=1S/C25H23FN4O2S/c1-16(17-6-4-3-5-7-17)28-21-14-19(12-13-27-21)24-23(18-8-10-20(26)11-9-18)29-25(30-24)33-15-22(31)32-2/h3-14,16H,15H2,1-2H3,(H,27,28)(H,29,30).